The van der Waals surface area contributed by atoms with Crippen LogP contribution in [0.25, 0.3) is 0 Å². The first kappa shape index (κ1) is 13.9. The number of aromatic nitrogens is 1. The van der Waals surface area contributed by atoms with Gasteiger partial charge >= 0.3 is 0 Å². The lowest BCUT2D eigenvalue weighted by atomic mass is 10.0. The number of anilines is 1. The first-order valence-electron chi connectivity index (χ1n) is 6.20. The fourth-order valence-corrected chi connectivity index (χ4v) is 2.18. The van der Waals surface area contributed by atoms with Gasteiger partial charge in [-0.2, -0.15) is 0 Å². The van der Waals surface area contributed by atoms with Crippen LogP contribution in [0.3, 0.4) is 0 Å². The highest BCUT2D eigenvalue weighted by Crippen LogP contribution is 2.33. The molecule has 0 atom stereocenters. The number of nitrogens with one attached hydrogen (secondary N) is 1. The van der Waals surface area contributed by atoms with Gasteiger partial charge in [0, 0.05) is 17.6 Å². The van der Waals surface area contributed by atoms with Crippen molar-refractivity contribution in [3.8, 4) is 11.5 Å². The largest absolute Gasteiger partial charge is 0.455 e. The number of hydrogen-bond acceptors (Lipinski definition) is 3. The lowest BCUT2D eigenvalue weighted by Crippen LogP contribution is -1.95. The number of hydrogen-bond donors (Lipinski definition) is 1. The normalized spacial score (nSPS) is 10.6. The van der Waals surface area contributed by atoms with Crippen LogP contribution in [0.15, 0.2) is 41.1 Å². The average molecular weight is 321 g/mol. The van der Waals surface area contributed by atoms with Gasteiger partial charge in [-0.1, -0.05) is 29.8 Å². The molecule has 4 heteroatoms. The summed E-state index contributed by atoms with van der Waals surface area (Å²) in [5.41, 5.74) is 2.10. The van der Waals surface area contributed by atoms with Gasteiger partial charge in [-0.15, -0.1) is 0 Å². The van der Waals surface area contributed by atoms with Gasteiger partial charge < -0.3 is 10.1 Å². The molecule has 3 nitrogen and oxygen atoms in total. The second-order valence-corrected chi connectivity index (χ2v) is 5.51. The molecule has 0 saturated heterocycles. The molecule has 0 amide bonds. The number of nitrogens with zero attached hydrogens (tertiary/aromatic N) is 1. The molecule has 0 fully saturated rings. The smallest absolute Gasteiger partial charge is 0.147 e. The molecule has 19 heavy (non-hydrogen) atoms. The first-order valence-corrected chi connectivity index (χ1v) is 6.99. The average Bonchev–Trinajstić information content (AvgIpc) is 2.41. The van der Waals surface area contributed by atoms with E-state index in [1.54, 1.807) is 12.4 Å². The summed E-state index contributed by atoms with van der Waals surface area (Å²) >= 11 is 3.49. The van der Waals surface area contributed by atoms with Crippen LogP contribution in [0.5, 0.6) is 11.5 Å². The second-order valence-electron chi connectivity index (χ2n) is 4.60. The van der Waals surface area contributed by atoms with Gasteiger partial charge in [-0.3, -0.25) is 4.98 Å². The van der Waals surface area contributed by atoms with Gasteiger partial charge in [0.05, 0.1) is 18.1 Å². The number of ether oxygens (including phenoxy) is 1. The molecule has 0 spiro atoms. The number of pyridine rings is 1. The van der Waals surface area contributed by atoms with E-state index < -0.39 is 0 Å². The molecule has 0 radical (unpaired) electrons. The molecule has 0 aliphatic rings. The van der Waals surface area contributed by atoms with E-state index in [1.165, 1.54) is 5.56 Å². The Kier molecular flexibility index (Phi) is 4.43. The monoisotopic (exact) mass is 320 g/mol. The molecule has 1 heterocycles. The van der Waals surface area contributed by atoms with Gasteiger partial charge in [-0.25, -0.2) is 0 Å². The van der Waals surface area contributed by atoms with Crippen LogP contribution in [0.2, 0.25) is 0 Å². The van der Waals surface area contributed by atoms with Crippen molar-refractivity contribution in [3.05, 3.63) is 46.7 Å². The third-order valence-electron chi connectivity index (χ3n) is 2.82. The molecule has 0 aliphatic heterocycles. The minimum Gasteiger partial charge on any atom is -0.455 e. The van der Waals surface area contributed by atoms with Crippen LogP contribution in [-0.2, 0) is 0 Å². The molecule has 0 unspecified atom stereocenters. The van der Waals surface area contributed by atoms with Crippen molar-refractivity contribution in [1.82, 2.24) is 4.98 Å². The van der Waals surface area contributed by atoms with Crippen LogP contribution >= 0.6 is 15.9 Å². The third-order valence-corrected chi connectivity index (χ3v) is 3.32. The molecule has 1 N–H and O–H groups in total. The van der Waals surface area contributed by atoms with Crippen molar-refractivity contribution >= 4 is 21.6 Å². The third kappa shape index (κ3) is 3.47. The lowest BCUT2D eigenvalue weighted by Gasteiger charge is -2.14. The Morgan fingerprint density at radius 1 is 1.21 bits per heavy atom. The fourth-order valence-electron chi connectivity index (χ4n) is 1.80. The van der Waals surface area contributed by atoms with Gasteiger partial charge in [0.15, 0.2) is 0 Å². The summed E-state index contributed by atoms with van der Waals surface area (Å²) < 4.78 is 7.01. The Balaban J connectivity index is 2.32. The first-order chi connectivity index (χ1) is 9.10. The highest BCUT2D eigenvalue weighted by atomic mass is 79.9. The van der Waals surface area contributed by atoms with Crippen LogP contribution in [0.4, 0.5) is 5.69 Å². The number of rotatable bonds is 4. The zero-order valence-corrected chi connectivity index (χ0v) is 12.9. The Hall–Kier alpha value is -1.55. The molecule has 0 saturated carbocycles. The van der Waals surface area contributed by atoms with E-state index in [4.69, 9.17) is 4.74 Å². The predicted molar refractivity (Wildman–Crippen MR) is 82.1 cm³/mol. The molecule has 1 aromatic carbocycles. The summed E-state index contributed by atoms with van der Waals surface area (Å²) in [6.07, 6.45) is 3.48. The fraction of sp³-hybridized carbons (Fsp3) is 0.267. The Morgan fingerprint density at radius 3 is 2.68 bits per heavy atom. The molecule has 0 aliphatic carbocycles. The Labute approximate surface area is 122 Å². The van der Waals surface area contributed by atoms with Crippen molar-refractivity contribution < 1.29 is 4.74 Å². The lowest BCUT2D eigenvalue weighted by molar-refractivity contribution is 0.471. The van der Waals surface area contributed by atoms with E-state index in [2.05, 4.69) is 46.1 Å². The van der Waals surface area contributed by atoms with Crippen LogP contribution in [0.1, 0.15) is 25.3 Å². The van der Waals surface area contributed by atoms with E-state index in [0.29, 0.717) is 5.92 Å². The molecule has 2 aromatic rings. The van der Waals surface area contributed by atoms with E-state index in [-0.39, 0.29) is 0 Å². The van der Waals surface area contributed by atoms with Crippen molar-refractivity contribution in [1.29, 1.82) is 0 Å². The maximum absolute atomic E-state index is 5.94. The minimum absolute atomic E-state index is 0.396. The summed E-state index contributed by atoms with van der Waals surface area (Å²) in [4.78, 5) is 4.15. The van der Waals surface area contributed by atoms with E-state index in [0.717, 1.165) is 21.7 Å². The summed E-state index contributed by atoms with van der Waals surface area (Å²) in [6, 6.07) is 7.98. The highest BCUT2D eigenvalue weighted by molar-refractivity contribution is 9.10. The quantitative estimate of drug-likeness (QED) is 0.878. The molecular weight excluding hydrogens is 304 g/mol. The summed E-state index contributed by atoms with van der Waals surface area (Å²) in [6.45, 7) is 4.30. The minimum atomic E-state index is 0.396. The van der Waals surface area contributed by atoms with E-state index in [9.17, 15) is 0 Å². The van der Waals surface area contributed by atoms with Crippen molar-refractivity contribution in [2.75, 3.05) is 12.4 Å². The maximum Gasteiger partial charge on any atom is 0.147 e. The van der Waals surface area contributed by atoms with Crippen LogP contribution < -0.4 is 10.1 Å². The van der Waals surface area contributed by atoms with Gasteiger partial charge in [-0.05, 0) is 29.7 Å². The zero-order valence-electron chi connectivity index (χ0n) is 11.3. The topological polar surface area (TPSA) is 34.2 Å². The molecule has 2 rings (SSSR count). The Bertz CT molecular complexity index is 570. The number of halogens is 1. The summed E-state index contributed by atoms with van der Waals surface area (Å²) in [5, 5.41) is 3.05. The standard InChI is InChI=1S/C15H17BrN2O/c1-10(2)14-6-11(16)4-5-15(14)19-13-7-12(17-3)8-18-9-13/h4-10,17H,1-3H3. The Morgan fingerprint density at radius 2 is 2.00 bits per heavy atom. The van der Waals surface area contributed by atoms with Crippen LogP contribution in [0, 0.1) is 0 Å². The van der Waals surface area contributed by atoms with E-state index >= 15 is 0 Å². The van der Waals surface area contributed by atoms with Crippen molar-refractivity contribution in [2.45, 2.75) is 19.8 Å². The van der Waals surface area contributed by atoms with Crippen molar-refractivity contribution in [2.24, 2.45) is 0 Å². The summed E-state index contributed by atoms with van der Waals surface area (Å²) in [7, 11) is 1.86. The molecular formula is C15H17BrN2O. The van der Waals surface area contributed by atoms with Gasteiger partial charge in [0.1, 0.15) is 11.5 Å². The zero-order chi connectivity index (χ0) is 13.8. The molecule has 1 aromatic heterocycles. The predicted octanol–water partition coefficient (Wildman–Crippen LogP) is 4.80. The number of benzene rings is 1. The van der Waals surface area contributed by atoms with Crippen molar-refractivity contribution in [3.63, 3.8) is 0 Å². The molecule has 100 valence electrons. The van der Waals surface area contributed by atoms with Crippen LogP contribution in [-0.4, -0.2) is 12.0 Å². The second kappa shape index (κ2) is 6.06. The van der Waals surface area contributed by atoms with Gasteiger partial charge in [0.2, 0.25) is 0 Å². The highest BCUT2D eigenvalue weighted by Gasteiger charge is 2.10. The maximum atomic E-state index is 5.94. The summed E-state index contributed by atoms with van der Waals surface area (Å²) in [5.74, 6) is 2.00. The SMILES string of the molecule is CNc1cncc(Oc2ccc(Br)cc2C(C)C)c1. The van der Waals surface area contributed by atoms with Gasteiger partial charge in [0.25, 0.3) is 0 Å². The molecule has 0 bridgehead atoms. The van der Waals surface area contributed by atoms with E-state index in [1.807, 2.05) is 25.2 Å².